The van der Waals surface area contributed by atoms with E-state index in [1.165, 1.54) is 5.56 Å². The number of nitrogens with zero attached hydrogens (tertiary/aromatic N) is 3. The van der Waals surface area contributed by atoms with Crippen molar-refractivity contribution in [2.24, 2.45) is 10.9 Å². The highest BCUT2D eigenvalue weighted by Gasteiger charge is 2.06. The summed E-state index contributed by atoms with van der Waals surface area (Å²) >= 11 is 0. The molecule has 1 unspecified atom stereocenters. The normalized spacial score (nSPS) is 12.4. The van der Waals surface area contributed by atoms with E-state index in [-0.39, 0.29) is 24.0 Å². The minimum Gasteiger partial charge on any atom is -0.376 e. The monoisotopic (exact) mass is 507 g/mol. The van der Waals surface area contributed by atoms with Crippen molar-refractivity contribution in [1.29, 1.82) is 0 Å². The van der Waals surface area contributed by atoms with Crippen LogP contribution in [0.3, 0.4) is 0 Å². The van der Waals surface area contributed by atoms with E-state index in [4.69, 9.17) is 4.74 Å². The summed E-state index contributed by atoms with van der Waals surface area (Å²) in [6.07, 6.45) is 4.93. The van der Waals surface area contributed by atoms with E-state index in [9.17, 15) is 0 Å². The van der Waals surface area contributed by atoms with Gasteiger partial charge in [-0.25, -0.2) is 4.98 Å². The molecule has 0 aliphatic rings. The highest BCUT2D eigenvalue weighted by molar-refractivity contribution is 14.0. The van der Waals surface area contributed by atoms with Gasteiger partial charge in [0, 0.05) is 39.0 Å². The van der Waals surface area contributed by atoms with Crippen LogP contribution in [0.2, 0.25) is 0 Å². The van der Waals surface area contributed by atoms with Gasteiger partial charge in [-0.1, -0.05) is 43.3 Å². The van der Waals surface area contributed by atoms with Crippen LogP contribution in [0.25, 0.3) is 5.65 Å². The Morgan fingerprint density at radius 2 is 1.93 bits per heavy atom. The number of fused-ring (bicyclic) bond motifs is 1. The molecular weight excluding hydrogens is 477 g/mol. The molecule has 0 aliphatic carbocycles. The lowest BCUT2D eigenvalue weighted by Gasteiger charge is -2.16. The van der Waals surface area contributed by atoms with Gasteiger partial charge in [-0.2, -0.15) is 0 Å². The van der Waals surface area contributed by atoms with Crippen LogP contribution in [0.15, 0.2) is 65.9 Å². The van der Waals surface area contributed by atoms with Crippen molar-refractivity contribution in [3.63, 3.8) is 0 Å². The van der Waals surface area contributed by atoms with Gasteiger partial charge < -0.3 is 19.8 Å². The lowest BCUT2D eigenvalue weighted by Crippen LogP contribution is -2.40. The molecule has 2 N–H and O–H groups in total. The molecule has 0 saturated carbocycles. The van der Waals surface area contributed by atoms with Gasteiger partial charge in [-0.3, -0.25) is 4.99 Å². The lowest BCUT2D eigenvalue weighted by atomic mass is 10.2. The smallest absolute Gasteiger partial charge is 0.190 e. The van der Waals surface area contributed by atoms with Gasteiger partial charge in [0.1, 0.15) is 5.65 Å². The number of hydrogen-bond donors (Lipinski definition) is 2. The molecule has 2 heterocycles. The topological polar surface area (TPSA) is 63.0 Å². The third-order valence-electron chi connectivity index (χ3n) is 4.44. The number of imidazole rings is 1. The summed E-state index contributed by atoms with van der Waals surface area (Å²) in [6.45, 7) is 5.12. The maximum absolute atomic E-state index is 5.80. The summed E-state index contributed by atoms with van der Waals surface area (Å²) in [4.78, 5) is 8.90. The first-order valence-corrected chi connectivity index (χ1v) is 9.73. The van der Waals surface area contributed by atoms with Crippen molar-refractivity contribution >= 4 is 35.6 Å². The number of aromatic nitrogens is 2. The zero-order chi connectivity index (χ0) is 19.6. The number of ether oxygens (including phenoxy) is 1. The van der Waals surface area contributed by atoms with Gasteiger partial charge >= 0.3 is 0 Å². The van der Waals surface area contributed by atoms with Gasteiger partial charge in [0.05, 0.1) is 18.9 Å². The number of benzene rings is 1. The van der Waals surface area contributed by atoms with Crippen molar-refractivity contribution in [2.75, 3.05) is 26.7 Å². The first-order valence-electron chi connectivity index (χ1n) is 9.73. The second-order valence-electron chi connectivity index (χ2n) is 6.93. The summed E-state index contributed by atoms with van der Waals surface area (Å²) in [6, 6.07) is 16.3. The highest BCUT2D eigenvalue weighted by atomic mass is 127. The Morgan fingerprint density at radius 3 is 2.69 bits per heavy atom. The van der Waals surface area contributed by atoms with E-state index in [2.05, 4.69) is 45.9 Å². The molecule has 0 saturated heterocycles. The maximum atomic E-state index is 5.80. The molecule has 3 rings (SSSR count). The van der Waals surface area contributed by atoms with E-state index in [0.717, 1.165) is 36.8 Å². The Kier molecular flexibility index (Phi) is 9.93. The van der Waals surface area contributed by atoms with Crippen LogP contribution in [-0.2, 0) is 17.8 Å². The standard InChI is InChI=1S/C22H29N5O.HI/c1-18(16-28-17-19-8-4-3-5-9-19)14-25-22(23-2)24-12-11-20-15-27-13-7-6-10-21(27)26-20;/h3-10,13,15,18H,11-12,14,16-17H2,1-2H3,(H2,23,24,25);1H. The Morgan fingerprint density at radius 1 is 1.14 bits per heavy atom. The van der Waals surface area contributed by atoms with Crippen LogP contribution < -0.4 is 10.6 Å². The first-order chi connectivity index (χ1) is 13.7. The molecule has 0 radical (unpaired) electrons. The predicted octanol–water partition coefficient (Wildman–Crippen LogP) is 3.51. The molecular formula is C22H30IN5O. The molecule has 0 aliphatic heterocycles. The third-order valence-corrected chi connectivity index (χ3v) is 4.44. The average Bonchev–Trinajstić information content (AvgIpc) is 3.14. The highest BCUT2D eigenvalue weighted by Crippen LogP contribution is 2.05. The van der Waals surface area contributed by atoms with Gasteiger partial charge in [-0.15, -0.1) is 24.0 Å². The summed E-state index contributed by atoms with van der Waals surface area (Å²) in [5.74, 6) is 1.19. The zero-order valence-corrected chi connectivity index (χ0v) is 19.4. The molecule has 0 bridgehead atoms. The molecule has 3 aromatic rings. The summed E-state index contributed by atoms with van der Waals surface area (Å²) < 4.78 is 7.85. The van der Waals surface area contributed by atoms with Crippen molar-refractivity contribution in [3.8, 4) is 0 Å². The molecule has 6 nitrogen and oxygen atoms in total. The van der Waals surface area contributed by atoms with E-state index in [0.29, 0.717) is 19.1 Å². The number of pyridine rings is 1. The maximum Gasteiger partial charge on any atom is 0.190 e. The summed E-state index contributed by atoms with van der Waals surface area (Å²) in [5.41, 5.74) is 3.24. The van der Waals surface area contributed by atoms with E-state index in [1.807, 2.05) is 47.0 Å². The molecule has 7 heteroatoms. The van der Waals surface area contributed by atoms with Crippen LogP contribution in [0.1, 0.15) is 18.2 Å². The Bertz CT molecular complexity index is 848. The summed E-state index contributed by atoms with van der Waals surface area (Å²) in [7, 11) is 1.79. The van der Waals surface area contributed by atoms with Crippen LogP contribution in [0.4, 0.5) is 0 Å². The van der Waals surface area contributed by atoms with Crippen molar-refractivity contribution in [3.05, 3.63) is 72.2 Å². The second kappa shape index (κ2) is 12.4. The molecule has 0 amide bonds. The minimum absolute atomic E-state index is 0. The van der Waals surface area contributed by atoms with Crippen molar-refractivity contribution in [1.82, 2.24) is 20.0 Å². The van der Waals surface area contributed by atoms with E-state index >= 15 is 0 Å². The first kappa shape index (κ1) is 23.2. The quantitative estimate of drug-likeness (QED) is 0.265. The van der Waals surface area contributed by atoms with Gasteiger partial charge in [0.15, 0.2) is 5.96 Å². The second-order valence-corrected chi connectivity index (χ2v) is 6.93. The van der Waals surface area contributed by atoms with Crippen LogP contribution >= 0.6 is 24.0 Å². The van der Waals surface area contributed by atoms with Crippen LogP contribution in [0, 0.1) is 5.92 Å². The third kappa shape index (κ3) is 7.66. The number of nitrogens with one attached hydrogen (secondary N) is 2. The van der Waals surface area contributed by atoms with Crippen LogP contribution in [-0.4, -0.2) is 42.1 Å². The minimum atomic E-state index is 0. The molecule has 0 fully saturated rings. The fourth-order valence-corrected chi connectivity index (χ4v) is 2.92. The van der Waals surface area contributed by atoms with Gasteiger partial charge in [0.25, 0.3) is 0 Å². The van der Waals surface area contributed by atoms with Crippen LogP contribution in [0.5, 0.6) is 0 Å². The predicted molar refractivity (Wildman–Crippen MR) is 129 cm³/mol. The van der Waals surface area contributed by atoms with Crippen molar-refractivity contribution in [2.45, 2.75) is 20.0 Å². The van der Waals surface area contributed by atoms with Crippen molar-refractivity contribution < 1.29 is 4.74 Å². The molecule has 156 valence electrons. The summed E-state index contributed by atoms with van der Waals surface area (Å²) in [5, 5.41) is 6.71. The number of halogens is 1. The Balaban J connectivity index is 0.00000300. The van der Waals surface area contributed by atoms with Gasteiger partial charge in [-0.05, 0) is 23.6 Å². The fraction of sp³-hybridized carbons (Fsp3) is 0.364. The molecule has 1 atom stereocenters. The Hall–Kier alpha value is -2.13. The molecule has 2 aromatic heterocycles. The fourth-order valence-electron chi connectivity index (χ4n) is 2.92. The number of aliphatic imine (C=N–C) groups is 1. The molecule has 29 heavy (non-hydrogen) atoms. The number of guanidine groups is 1. The van der Waals surface area contributed by atoms with Gasteiger partial charge in [0.2, 0.25) is 0 Å². The molecule has 1 aromatic carbocycles. The largest absolute Gasteiger partial charge is 0.376 e. The molecule has 0 spiro atoms. The van der Waals surface area contributed by atoms with E-state index < -0.39 is 0 Å². The average molecular weight is 507 g/mol. The lowest BCUT2D eigenvalue weighted by molar-refractivity contribution is 0.0931. The zero-order valence-electron chi connectivity index (χ0n) is 17.0. The number of hydrogen-bond acceptors (Lipinski definition) is 3. The SMILES string of the molecule is CN=C(NCCc1cn2ccccc2n1)NCC(C)COCc1ccccc1.I. The Labute approximate surface area is 189 Å². The van der Waals surface area contributed by atoms with E-state index in [1.54, 1.807) is 7.05 Å². The number of rotatable bonds is 9.